The second-order valence-electron chi connectivity index (χ2n) is 5.48. The molecule has 0 unspecified atom stereocenters. The number of nitrogens with zero attached hydrogens (tertiary/aromatic N) is 1. The van der Waals surface area contributed by atoms with Gasteiger partial charge in [-0.25, -0.2) is 0 Å². The molecule has 0 saturated heterocycles. The lowest BCUT2D eigenvalue weighted by Crippen LogP contribution is -2.09. The van der Waals surface area contributed by atoms with Crippen molar-refractivity contribution in [3.63, 3.8) is 0 Å². The molecule has 0 atom stereocenters. The van der Waals surface area contributed by atoms with E-state index in [2.05, 4.69) is 27.4 Å². The minimum atomic E-state index is -0.272. The number of benzene rings is 1. The van der Waals surface area contributed by atoms with Crippen molar-refractivity contribution in [3.05, 3.63) is 45.0 Å². The Hall–Kier alpha value is -1.06. The fourth-order valence-electron chi connectivity index (χ4n) is 2.95. The van der Waals surface area contributed by atoms with E-state index in [1.54, 1.807) is 0 Å². The molecular formula is C16H15BrClNO. The van der Waals surface area contributed by atoms with Crippen LogP contribution in [0.5, 0.6) is 0 Å². The van der Waals surface area contributed by atoms with Crippen LogP contribution in [0.3, 0.4) is 0 Å². The Kier molecular flexibility index (Phi) is 3.30. The molecule has 3 rings (SSSR count). The van der Waals surface area contributed by atoms with E-state index in [4.69, 9.17) is 11.6 Å². The molecule has 0 bridgehead atoms. The van der Waals surface area contributed by atoms with E-state index in [0.29, 0.717) is 0 Å². The van der Waals surface area contributed by atoms with E-state index in [1.807, 2.05) is 31.3 Å². The third kappa shape index (κ3) is 1.95. The lowest BCUT2D eigenvalue weighted by Gasteiger charge is -2.08. The van der Waals surface area contributed by atoms with Gasteiger partial charge in [0.05, 0.1) is 15.7 Å². The van der Waals surface area contributed by atoms with Gasteiger partial charge in [-0.15, -0.1) is 0 Å². The summed E-state index contributed by atoms with van der Waals surface area (Å²) in [5.41, 5.74) is 4.29. The summed E-state index contributed by atoms with van der Waals surface area (Å²) in [4.78, 5) is 11.4. The lowest BCUT2D eigenvalue weighted by atomic mass is 9.95. The summed E-state index contributed by atoms with van der Waals surface area (Å²) < 4.78 is 3.11. The van der Waals surface area contributed by atoms with E-state index < -0.39 is 0 Å². The van der Waals surface area contributed by atoms with Crippen LogP contribution in [0.25, 0.3) is 11.3 Å². The zero-order valence-corrected chi connectivity index (χ0v) is 13.8. The maximum Gasteiger partial charge on any atom is 0.130 e. The SMILES string of the molecule is Cc1c(C2(C=O)CC2)c(Br)n(C)c1-c1ccc(Cl)cc1. The fourth-order valence-corrected chi connectivity index (χ4v) is 3.94. The van der Waals surface area contributed by atoms with Crippen LogP contribution in [0.2, 0.25) is 5.02 Å². The molecule has 4 heteroatoms. The largest absolute Gasteiger partial charge is 0.338 e. The summed E-state index contributed by atoms with van der Waals surface area (Å²) in [5, 5.41) is 0.728. The van der Waals surface area contributed by atoms with Crippen LogP contribution in [-0.2, 0) is 17.3 Å². The molecule has 1 heterocycles. The molecule has 1 aromatic heterocycles. The first-order valence-electron chi connectivity index (χ1n) is 6.58. The van der Waals surface area contributed by atoms with Crippen LogP contribution in [-0.4, -0.2) is 10.9 Å². The Labute approximate surface area is 131 Å². The van der Waals surface area contributed by atoms with E-state index >= 15 is 0 Å². The molecule has 0 radical (unpaired) electrons. The quantitative estimate of drug-likeness (QED) is 0.737. The first-order chi connectivity index (χ1) is 9.50. The van der Waals surface area contributed by atoms with Gasteiger partial charge in [-0.3, -0.25) is 0 Å². The Morgan fingerprint density at radius 2 is 1.90 bits per heavy atom. The van der Waals surface area contributed by atoms with Gasteiger partial charge in [-0.1, -0.05) is 23.7 Å². The molecule has 2 aromatic rings. The Morgan fingerprint density at radius 1 is 1.30 bits per heavy atom. The minimum absolute atomic E-state index is 0.272. The predicted molar refractivity (Wildman–Crippen MR) is 85.3 cm³/mol. The molecule has 0 N–H and O–H groups in total. The third-order valence-corrected chi connectivity index (χ3v) is 5.38. The standard InChI is InChI=1S/C16H15BrClNO/c1-10-13(16(9-20)7-8-16)15(17)19(2)14(10)11-3-5-12(18)6-4-11/h3-6,9H,7-8H2,1-2H3. The van der Waals surface area contributed by atoms with Crippen molar-refractivity contribution in [1.82, 2.24) is 4.57 Å². The normalized spacial score (nSPS) is 16.2. The number of hydrogen-bond donors (Lipinski definition) is 0. The van der Waals surface area contributed by atoms with Crippen molar-refractivity contribution in [2.75, 3.05) is 0 Å². The highest BCUT2D eigenvalue weighted by Gasteiger charge is 2.48. The number of carbonyl (C=O) groups is 1. The molecule has 0 spiro atoms. The van der Waals surface area contributed by atoms with Gasteiger partial charge in [-0.05, 0) is 59.0 Å². The summed E-state index contributed by atoms with van der Waals surface area (Å²) in [7, 11) is 2.02. The highest BCUT2D eigenvalue weighted by molar-refractivity contribution is 9.10. The molecule has 1 aliphatic carbocycles. The summed E-state index contributed by atoms with van der Waals surface area (Å²) in [6, 6.07) is 7.82. The number of rotatable bonds is 3. The zero-order valence-electron chi connectivity index (χ0n) is 11.4. The van der Waals surface area contributed by atoms with E-state index in [1.165, 1.54) is 5.56 Å². The summed E-state index contributed by atoms with van der Waals surface area (Å²) in [6.07, 6.45) is 2.99. The van der Waals surface area contributed by atoms with Crippen LogP contribution in [0, 0.1) is 6.92 Å². The van der Waals surface area contributed by atoms with Crippen LogP contribution in [0.1, 0.15) is 24.0 Å². The topological polar surface area (TPSA) is 22.0 Å². The molecule has 1 aromatic carbocycles. The summed E-state index contributed by atoms with van der Waals surface area (Å²) >= 11 is 9.62. The summed E-state index contributed by atoms with van der Waals surface area (Å²) in [5.74, 6) is 0. The van der Waals surface area contributed by atoms with Crippen LogP contribution in [0.4, 0.5) is 0 Å². The van der Waals surface area contributed by atoms with Gasteiger partial charge in [0.1, 0.15) is 6.29 Å². The van der Waals surface area contributed by atoms with E-state index in [0.717, 1.165) is 45.6 Å². The molecule has 104 valence electrons. The number of aromatic nitrogens is 1. The molecule has 1 fully saturated rings. The second kappa shape index (κ2) is 4.74. The van der Waals surface area contributed by atoms with E-state index in [9.17, 15) is 4.79 Å². The van der Waals surface area contributed by atoms with Crippen molar-refractivity contribution in [2.24, 2.45) is 7.05 Å². The average molecular weight is 353 g/mol. The highest BCUT2D eigenvalue weighted by atomic mass is 79.9. The Balaban J connectivity index is 2.20. The monoisotopic (exact) mass is 351 g/mol. The molecular weight excluding hydrogens is 338 g/mol. The fraction of sp³-hybridized carbons (Fsp3) is 0.312. The summed E-state index contributed by atoms with van der Waals surface area (Å²) in [6.45, 7) is 2.09. The maximum atomic E-state index is 11.4. The molecule has 20 heavy (non-hydrogen) atoms. The molecule has 1 saturated carbocycles. The predicted octanol–water partition coefficient (Wildman–Crippen LogP) is 4.65. The smallest absolute Gasteiger partial charge is 0.130 e. The molecule has 0 amide bonds. The van der Waals surface area contributed by atoms with Gasteiger partial charge >= 0.3 is 0 Å². The van der Waals surface area contributed by atoms with Gasteiger partial charge < -0.3 is 9.36 Å². The maximum absolute atomic E-state index is 11.4. The van der Waals surface area contributed by atoms with Crippen LogP contribution >= 0.6 is 27.5 Å². The lowest BCUT2D eigenvalue weighted by molar-refractivity contribution is -0.109. The number of hydrogen-bond acceptors (Lipinski definition) is 1. The van der Waals surface area contributed by atoms with E-state index in [-0.39, 0.29) is 5.41 Å². The van der Waals surface area contributed by atoms with Crippen LogP contribution in [0.15, 0.2) is 28.9 Å². The number of carbonyl (C=O) groups excluding carboxylic acids is 1. The minimum Gasteiger partial charge on any atom is -0.338 e. The number of aldehydes is 1. The van der Waals surface area contributed by atoms with Crippen molar-refractivity contribution in [3.8, 4) is 11.3 Å². The first kappa shape index (κ1) is 13.9. The average Bonchev–Trinajstić information content (AvgIpc) is 3.18. The number of halogens is 2. The van der Waals surface area contributed by atoms with Gasteiger partial charge in [0, 0.05) is 17.6 Å². The highest BCUT2D eigenvalue weighted by Crippen LogP contribution is 2.52. The van der Waals surface area contributed by atoms with Crippen molar-refractivity contribution in [2.45, 2.75) is 25.2 Å². The van der Waals surface area contributed by atoms with Crippen molar-refractivity contribution in [1.29, 1.82) is 0 Å². The van der Waals surface area contributed by atoms with Gasteiger partial charge in [-0.2, -0.15) is 0 Å². The Morgan fingerprint density at radius 3 is 2.40 bits per heavy atom. The van der Waals surface area contributed by atoms with Gasteiger partial charge in [0.15, 0.2) is 0 Å². The third-order valence-electron chi connectivity index (χ3n) is 4.20. The Bertz CT molecular complexity index is 683. The molecule has 0 aliphatic heterocycles. The second-order valence-corrected chi connectivity index (χ2v) is 6.67. The first-order valence-corrected chi connectivity index (χ1v) is 7.75. The zero-order chi connectivity index (χ0) is 14.5. The molecule has 2 nitrogen and oxygen atoms in total. The van der Waals surface area contributed by atoms with Crippen molar-refractivity contribution < 1.29 is 4.79 Å². The van der Waals surface area contributed by atoms with Crippen molar-refractivity contribution >= 4 is 33.8 Å². The molecule has 1 aliphatic rings. The van der Waals surface area contributed by atoms with Gasteiger partial charge in [0.2, 0.25) is 0 Å². The van der Waals surface area contributed by atoms with Gasteiger partial charge in [0.25, 0.3) is 0 Å². The van der Waals surface area contributed by atoms with Crippen LogP contribution < -0.4 is 0 Å².